The van der Waals surface area contributed by atoms with Gasteiger partial charge in [-0.05, 0) is 12.1 Å². The van der Waals surface area contributed by atoms with E-state index in [0.717, 1.165) is 15.5 Å². The fourth-order valence-electron chi connectivity index (χ4n) is 3.29. The molecule has 3 heterocycles. The number of ether oxygens (including phenoxy) is 3. The number of aliphatic imine (C=N–C) groups is 1. The molecule has 1 N–H and O–H groups in total. The summed E-state index contributed by atoms with van der Waals surface area (Å²) in [5.41, 5.74) is 0.995. The van der Waals surface area contributed by atoms with E-state index in [1.54, 1.807) is 23.8 Å². The summed E-state index contributed by atoms with van der Waals surface area (Å²) in [5, 5.41) is 3.29. The molecule has 1 aromatic carbocycles. The summed E-state index contributed by atoms with van der Waals surface area (Å²) >= 11 is 1.58. The molecule has 1 unspecified atom stereocenters. The first-order valence-electron chi connectivity index (χ1n) is 8.25. The van der Waals surface area contributed by atoms with Crippen LogP contribution in [-0.2, 0) is 14.2 Å². The highest BCUT2D eigenvalue weighted by Crippen LogP contribution is 2.42. The summed E-state index contributed by atoms with van der Waals surface area (Å²) in [5.74, 6) is 1.12. The first-order chi connectivity index (χ1) is 12.6. The van der Waals surface area contributed by atoms with Crippen LogP contribution < -0.4 is 5.32 Å². The van der Waals surface area contributed by atoms with Crippen molar-refractivity contribution in [2.75, 3.05) is 26.1 Å². The lowest BCUT2D eigenvalue weighted by molar-refractivity contribution is -0.0715. The number of rotatable bonds is 4. The summed E-state index contributed by atoms with van der Waals surface area (Å²) in [6, 6.07) is 7.96. The van der Waals surface area contributed by atoms with Gasteiger partial charge in [-0.2, -0.15) is 0 Å². The molecule has 138 valence electrons. The quantitative estimate of drug-likeness (QED) is 0.871. The lowest BCUT2D eigenvalue weighted by atomic mass is 10.1. The number of alkyl halides is 1. The van der Waals surface area contributed by atoms with Gasteiger partial charge >= 0.3 is 0 Å². The van der Waals surface area contributed by atoms with Gasteiger partial charge < -0.3 is 24.4 Å². The number of methoxy groups -OCH3 is 2. The number of fused-ring (bicyclic) bond motifs is 2. The van der Waals surface area contributed by atoms with Crippen LogP contribution >= 0.6 is 11.8 Å². The minimum absolute atomic E-state index is 0.254. The summed E-state index contributed by atoms with van der Waals surface area (Å²) in [6.07, 6.45) is -1.56. The van der Waals surface area contributed by atoms with Gasteiger partial charge in [0.1, 0.15) is 23.9 Å². The lowest BCUT2D eigenvalue weighted by Gasteiger charge is -2.34. The third-order valence-corrected chi connectivity index (χ3v) is 5.63. The Labute approximate surface area is 155 Å². The Hall–Kier alpha value is -1.87. The van der Waals surface area contributed by atoms with Crippen molar-refractivity contribution in [2.24, 2.45) is 4.99 Å². The van der Waals surface area contributed by atoms with Crippen LogP contribution in [0.1, 0.15) is 0 Å². The molecule has 8 heteroatoms. The van der Waals surface area contributed by atoms with Crippen molar-refractivity contribution in [3.8, 4) is 0 Å². The third kappa shape index (κ3) is 2.92. The number of anilines is 1. The zero-order valence-corrected chi connectivity index (χ0v) is 15.3. The predicted octanol–water partition coefficient (Wildman–Crippen LogP) is 2.96. The number of nitrogens with one attached hydrogen (secondary N) is 1. The van der Waals surface area contributed by atoms with Crippen molar-refractivity contribution < 1.29 is 18.6 Å². The Balaban J connectivity index is 1.61. The standard InChI is InChI=1S/C18H20FN3O3S/c1-10-20-17-14(26-13-7-5-4-6-11(13)21-17)8-22(10)18-15(19)16(24-3)12(25-18)9-23-2/h4-8,12,15-16,18H,1,9H2,2-3H3,(H,20,21)/t12-,15+,16?,18-/m1/s1. The monoisotopic (exact) mass is 377 g/mol. The van der Waals surface area contributed by atoms with E-state index >= 15 is 0 Å². The van der Waals surface area contributed by atoms with Crippen LogP contribution in [0, 0.1) is 0 Å². The van der Waals surface area contributed by atoms with Crippen LogP contribution in [0.2, 0.25) is 0 Å². The van der Waals surface area contributed by atoms with Gasteiger partial charge in [0.05, 0.1) is 17.2 Å². The van der Waals surface area contributed by atoms with Crippen LogP contribution in [0.25, 0.3) is 0 Å². The van der Waals surface area contributed by atoms with E-state index in [1.165, 1.54) is 7.11 Å². The first kappa shape index (κ1) is 17.5. The molecule has 0 aliphatic carbocycles. The Morgan fingerprint density at radius 3 is 2.96 bits per heavy atom. The molecular formula is C18H20FN3O3S. The average Bonchev–Trinajstić information content (AvgIpc) is 2.95. The van der Waals surface area contributed by atoms with Crippen LogP contribution in [0.4, 0.5) is 10.1 Å². The number of halogens is 1. The minimum Gasteiger partial charge on any atom is -0.382 e. The summed E-state index contributed by atoms with van der Waals surface area (Å²) in [7, 11) is 3.03. The zero-order valence-electron chi connectivity index (χ0n) is 14.5. The van der Waals surface area contributed by atoms with Gasteiger partial charge in [0.15, 0.2) is 12.4 Å². The van der Waals surface area contributed by atoms with Gasteiger partial charge in [-0.15, -0.1) is 0 Å². The average molecular weight is 377 g/mol. The third-order valence-electron chi connectivity index (χ3n) is 4.53. The molecule has 0 aromatic heterocycles. The highest BCUT2D eigenvalue weighted by Gasteiger charge is 2.49. The van der Waals surface area contributed by atoms with Gasteiger partial charge in [-0.1, -0.05) is 30.5 Å². The smallest absolute Gasteiger partial charge is 0.174 e. The molecule has 4 rings (SSSR count). The lowest BCUT2D eigenvalue weighted by Crippen LogP contribution is -2.41. The maximum absolute atomic E-state index is 15.0. The second kappa shape index (κ2) is 7.03. The van der Waals surface area contributed by atoms with Gasteiger partial charge in [0, 0.05) is 25.3 Å². The molecule has 0 bridgehead atoms. The second-order valence-corrected chi connectivity index (χ2v) is 7.25. The number of thioether (sulfide) groups is 1. The fourth-order valence-corrected chi connectivity index (χ4v) is 4.26. The van der Waals surface area contributed by atoms with E-state index in [1.807, 2.05) is 30.5 Å². The number of amidine groups is 1. The SMILES string of the molecule is C=C1N=C2Nc3ccccc3SC2=CN1[C@@H]1O[C@H](COC)C(OC)[C@@H]1F. The molecule has 1 fully saturated rings. The van der Waals surface area contributed by atoms with Gasteiger partial charge in [-0.3, -0.25) is 0 Å². The Bertz CT molecular complexity index is 785. The number of hydrogen-bond acceptors (Lipinski definition) is 7. The van der Waals surface area contributed by atoms with Crippen LogP contribution in [0.3, 0.4) is 0 Å². The maximum atomic E-state index is 15.0. The molecule has 4 atom stereocenters. The Morgan fingerprint density at radius 1 is 1.38 bits per heavy atom. The van der Waals surface area contributed by atoms with Crippen molar-refractivity contribution in [3.63, 3.8) is 0 Å². The summed E-state index contributed by atoms with van der Waals surface area (Å²) in [6.45, 7) is 4.22. The topological polar surface area (TPSA) is 55.3 Å². The number of para-hydroxylation sites is 1. The number of hydrogen-bond donors (Lipinski definition) is 1. The first-order valence-corrected chi connectivity index (χ1v) is 9.07. The van der Waals surface area contributed by atoms with Crippen molar-refractivity contribution in [1.82, 2.24) is 4.90 Å². The molecule has 3 aliphatic heterocycles. The molecule has 0 spiro atoms. The number of benzene rings is 1. The van der Waals surface area contributed by atoms with E-state index in [2.05, 4.69) is 16.9 Å². The van der Waals surface area contributed by atoms with E-state index in [4.69, 9.17) is 14.2 Å². The minimum atomic E-state index is -1.35. The molecule has 0 radical (unpaired) electrons. The van der Waals surface area contributed by atoms with Crippen molar-refractivity contribution in [1.29, 1.82) is 0 Å². The van der Waals surface area contributed by atoms with Crippen molar-refractivity contribution >= 4 is 23.3 Å². The van der Waals surface area contributed by atoms with Gasteiger partial charge in [-0.25, -0.2) is 9.38 Å². The molecular weight excluding hydrogens is 357 g/mol. The zero-order chi connectivity index (χ0) is 18.3. The van der Waals surface area contributed by atoms with Gasteiger partial charge in [0.2, 0.25) is 0 Å². The molecule has 1 saturated heterocycles. The molecule has 0 saturated carbocycles. The van der Waals surface area contributed by atoms with Crippen molar-refractivity contribution in [3.05, 3.63) is 47.8 Å². The van der Waals surface area contributed by atoms with Crippen LogP contribution in [0.15, 0.2) is 57.7 Å². The molecule has 6 nitrogen and oxygen atoms in total. The van der Waals surface area contributed by atoms with E-state index in [-0.39, 0.29) is 6.61 Å². The molecule has 1 aromatic rings. The largest absolute Gasteiger partial charge is 0.382 e. The highest BCUT2D eigenvalue weighted by molar-refractivity contribution is 8.04. The van der Waals surface area contributed by atoms with E-state index in [9.17, 15) is 4.39 Å². The summed E-state index contributed by atoms with van der Waals surface area (Å²) < 4.78 is 31.2. The van der Waals surface area contributed by atoms with E-state index < -0.39 is 24.6 Å². The molecule has 26 heavy (non-hydrogen) atoms. The second-order valence-electron chi connectivity index (χ2n) is 6.17. The van der Waals surface area contributed by atoms with Crippen molar-refractivity contribution in [2.45, 2.75) is 29.5 Å². The normalized spacial score (nSPS) is 30.3. The Morgan fingerprint density at radius 2 is 2.19 bits per heavy atom. The predicted molar refractivity (Wildman–Crippen MR) is 98.6 cm³/mol. The molecule has 0 amide bonds. The fraction of sp³-hybridized carbons (Fsp3) is 0.389. The van der Waals surface area contributed by atoms with E-state index in [0.29, 0.717) is 11.7 Å². The Kier molecular flexibility index (Phi) is 4.74. The van der Waals surface area contributed by atoms with Crippen LogP contribution in [0.5, 0.6) is 0 Å². The van der Waals surface area contributed by atoms with Crippen LogP contribution in [-0.4, -0.2) is 56.2 Å². The maximum Gasteiger partial charge on any atom is 0.174 e. The highest BCUT2D eigenvalue weighted by atomic mass is 32.2. The van der Waals surface area contributed by atoms with Gasteiger partial charge in [0.25, 0.3) is 0 Å². The summed E-state index contributed by atoms with van der Waals surface area (Å²) in [4.78, 5) is 8.12. The molecule has 3 aliphatic rings. The number of nitrogens with zero attached hydrogens (tertiary/aromatic N) is 2.